The number of benzene rings is 1. The van der Waals surface area contributed by atoms with E-state index in [1.54, 1.807) is 19.2 Å². The number of halogens is 1. The summed E-state index contributed by atoms with van der Waals surface area (Å²) in [6.45, 7) is 4.52. The summed E-state index contributed by atoms with van der Waals surface area (Å²) in [5, 5.41) is 0. The van der Waals surface area contributed by atoms with Crippen molar-refractivity contribution in [2.24, 2.45) is 0 Å². The number of ether oxygens (including phenoxy) is 4. The summed E-state index contributed by atoms with van der Waals surface area (Å²) in [6, 6.07) is 3.51. The maximum Gasteiger partial charge on any atom is 0.254 e. The minimum absolute atomic E-state index is 0.0326. The first-order valence-corrected chi connectivity index (χ1v) is 9.99. The summed E-state index contributed by atoms with van der Waals surface area (Å²) in [7, 11) is 1.58. The van der Waals surface area contributed by atoms with Crippen LogP contribution in [-0.4, -0.2) is 56.6 Å². The van der Waals surface area contributed by atoms with Crippen LogP contribution < -0.4 is 9.47 Å². The van der Waals surface area contributed by atoms with Gasteiger partial charge in [-0.25, -0.2) is 0 Å². The third-order valence-corrected chi connectivity index (χ3v) is 5.29. The third-order valence-electron chi connectivity index (χ3n) is 4.70. The molecule has 0 bridgehead atoms. The molecule has 0 aromatic heterocycles. The highest BCUT2D eigenvalue weighted by Crippen LogP contribution is 2.37. The Kier molecular flexibility index (Phi) is 6.78. The van der Waals surface area contributed by atoms with Gasteiger partial charge in [0.25, 0.3) is 5.91 Å². The summed E-state index contributed by atoms with van der Waals surface area (Å²) in [5.41, 5.74) is 0.572. The van der Waals surface area contributed by atoms with Gasteiger partial charge in [-0.1, -0.05) is 6.92 Å². The van der Waals surface area contributed by atoms with Crippen molar-refractivity contribution in [1.29, 1.82) is 0 Å². The van der Waals surface area contributed by atoms with Crippen LogP contribution in [0.5, 0.6) is 11.5 Å². The molecule has 1 unspecified atom stereocenters. The van der Waals surface area contributed by atoms with E-state index in [0.717, 1.165) is 30.2 Å². The number of piperidine rings is 1. The van der Waals surface area contributed by atoms with E-state index in [-0.39, 0.29) is 18.2 Å². The number of methoxy groups -OCH3 is 1. The molecule has 1 aromatic carbocycles. The van der Waals surface area contributed by atoms with Gasteiger partial charge in [0.05, 0.1) is 37.4 Å². The van der Waals surface area contributed by atoms with Crippen LogP contribution in [0.2, 0.25) is 0 Å². The van der Waals surface area contributed by atoms with E-state index in [1.165, 1.54) is 0 Å². The van der Waals surface area contributed by atoms with Crippen molar-refractivity contribution in [2.75, 3.05) is 33.5 Å². The quantitative estimate of drug-likeness (QED) is 0.693. The predicted molar refractivity (Wildman–Crippen MR) is 101 cm³/mol. The van der Waals surface area contributed by atoms with Gasteiger partial charge < -0.3 is 23.8 Å². The molecule has 2 aliphatic rings. The molecule has 144 valence electrons. The Hall–Kier alpha value is -1.31. The van der Waals surface area contributed by atoms with E-state index >= 15 is 0 Å². The van der Waals surface area contributed by atoms with Crippen LogP contribution in [0, 0.1) is 0 Å². The molecule has 0 N–H and O–H groups in total. The molecule has 3 rings (SSSR count). The van der Waals surface area contributed by atoms with Crippen molar-refractivity contribution >= 4 is 21.8 Å². The van der Waals surface area contributed by atoms with E-state index in [2.05, 4.69) is 15.9 Å². The highest BCUT2D eigenvalue weighted by Gasteiger charge is 2.36. The molecule has 0 radical (unpaired) electrons. The van der Waals surface area contributed by atoms with Gasteiger partial charge in [-0.2, -0.15) is 0 Å². The molecule has 1 aromatic rings. The van der Waals surface area contributed by atoms with Crippen LogP contribution in [0.15, 0.2) is 16.6 Å². The zero-order valence-corrected chi connectivity index (χ0v) is 16.9. The number of rotatable bonds is 6. The maximum absolute atomic E-state index is 13.2. The summed E-state index contributed by atoms with van der Waals surface area (Å²) in [6.07, 6.45) is 3.54. The molecule has 26 heavy (non-hydrogen) atoms. The molecule has 0 spiro atoms. The number of hydrogen-bond donors (Lipinski definition) is 0. The number of carbonyl (C=O) groups is 1. The monoisotopic (exact) mass is 427 g/mol. The van der Waals surface area contributed by atoms with Crippen molar-refractivity contribution in [3.8, 4) is 11.5 Å². The molecule has 2 heterocycles. The molecule has 1 atom stereocenters. The number of amides is 1. The van der Waals surface area contributed by atoms with Crippen LogP contribution in [-0.2, 0) is 9.47 Å². The minimum atomic E-state index is -0.322. The van der Waals surface area contributed by atoms with Crippen LogP contribution in [0.3, 0.4) is 0 Å². The predicted octanol–water partition coefficient (Wildman–Crippen LogP) is 3.61. The van der Waals surface area contributed by atoms with Crippen molar-refractivity contribution < 1.29 is 23.7 Å². The normalized spacial score (nSPS) is 21.0. The Morgan fingerprint density at radius 1 is 1.31 bits per heavy atom. The Morgan fingerprint density at radius 2 is 2.08 bits per heavy atom. The lowest BCUT2D eigenvalue weighted by atomic mass is 10.00. The van der Waals surface area contributed by atoms with E-state index < -0.39 is 0 Å². The van der Waals surface area contributed by atoms with Gasteiger partial charge in [-0.3, -0.25) is 4.79 Å². The molecule has 0 aliphatic carbocycles. The van der Waals surface area contributed by atoms with Gasteiger partial charge in [-0.05, 0) is 53.7 Å². The summed E-state index contributed by atoms with van der Waals surface area (Å²) < 4.78 is 23.3. The van der Waals surface area contributed by atoms with Gasteiger partial charge in [-0.15, -0.1) is 0 Å². The molecule has 0 saturated carbocycles. The number of likely N-dealkylation sites (tertiary alicyclic amines) is 1. The van der Waals surface area contributed by atoms with E-state index in [4.69, 9.17) is 18.9 Å². The molecular formula is C19H26BrNO5. The zero-order valence-electron chi connectivity index (χ0n) is 15.3. The van der Waals surface area contributed by atoms with E-state index in [1.807, 2.05) is 11.8 Å². The SMILES string of the molecule is CCCOc1c(Br)cc(C(=O)N2CCCCC2C2OCCO2)cc1OC. The van der Waals surface area contributed by atoms with E-state index in [9.17, 15) is 4.79 Å². The van der Waals surface area contributed by atoms with Gasteiger partial charge in [0.15, 0.2) is 17.8 Å². The van der Waals surface area contributed by atoms with E-state index in [0.29, 0.717) is 43.4 Å². The summed E-state index contributed by atoms with van der Waals surface area (Å²) >= 11 is 3.52. The fourth-order valence-electron chi connectivity index (χ4n) is 3.44. The molecule has 2 saturated heterocycles. The molecule has 1 amide bonds. The third kappa shape index (κ3) is 4.15. The van der Waals surface area contributed by atoms with Crippen LogP contribution >= 0.6 is 15.9 Å². The fourth-order valence-corrected chi connectivity index (χ4v) is 4.00. The lowest BCUT2D eigenvalue weighted by molar-refractivity contribution is -0.100. The van der Waals surface area contributed by atoms with Crippen molar-refractivity contribution in [2.45, 2.75) is 44.9 Å². The Morgan fingerprint density at radius 3 is 2.77 bits per heavy atom. The highest BCUT2D eigenvalue weighted by atomic mass is 79.9. The average Bonchev–Trinajstić information content (AvgIpc) is 3.20. The number of carbonyl (C=O) groups excluding carboxylic acids is 1. The first kappa shape index (κ1) is 19.5. The van der Waals surface area contributed by atoms with Crippen LogP contribution in [0.1, 0.15) is 43.0 Å². The van der Waals surface area contributed by atoms with Gasteiger partial charge in [0.2, 0.25) is 0 Å². The standard InChI is InChI=1S/C19H26BrNO5/c1-3-8-24-17-14(20)11-13(12-16(17)23-2)18(22)21-7-5-4-6-15(21)19-25-9-10-26-19/h11-12,15,19H,3-10H2,1-2H3. The number of nitrogens with zero attached hydrogens (tertiary/aromatic N) is 1. The second-order valence-corrected chi connectivity index (χ2v) is 7.36. The average molecular weight is 428 g/mol. The van der Waals surface area contributed by atoms with Gasteiger partial charge in [0.1, 0.15) is 0 Å². The molecule has 2 fully saturated rings. The largest absolute Gasteiger partial charge is 0.493 e. The van der Waals surface area contributed by atoms with Gasteiger partial charge in [0, 0.05) is 12.1 Å². The molecular weight excluding hydrogens is 402 g/mol. The summed E-state index contributed by atoms with van der Waals surface area (Å²) in [5.74, 6) is 1.15. The zero-order chi connectivity index (χ0) is 18.5. The second-order valence-electron chi connectivity index (χ2n) is 6.51. The second kappa shape index (κ2) is 9.06. The Bertz CT molecular complexity index is 633. The Labute approximate surface area is 162 Å². The number of hydrogen-bond acceptors (Lipinski definition) is 5. The lowest BCUT2D eigenvalue weighted by Gasteiger charge is -2.38. The fraction of sp³-hybridized carbons (Fsp3) is 0.632. The lowest BCUT2D eigenvalue weighted by Crippen LogP contribution is -2.50. The minimum Gasteiger partial charge on any atom is -0.493 e. The van der Waals surface area contributed by atoms with Crippen molar-refractivity contribution in [3.05, 3.63) is 22.2 Å². The van der Waals surface area contributed by atoms with Crippen molar-refractivity contribution in [1.82, 2.24) is 4.90 Å². The van der Waals surface area contributed by atoms with Gasteiger partial charge >= 0.3 is 0 Å². The first-order chi connectivity index (χ1) is 12.7. The molecule has 2 aliphatic heterocycles. The first-order valence-electron chi connectivity index (χ1n) is 9.20. The topological polar surface area (TPSA) is 57.2 Å². The smallest absolute Gasteiger partial charge is 0.254 e. The van der Waals surface area contributed by atoms with Crippen LogP contribution in [0.4, 0.5) is 0 Å². The highest BCUT2D eigenvalue weighted by molar-refractivity contribution is 9.10. The van der Waals surface area contributed by atoms with Crippen molar-refractivity contribution in [3.63, 3.8) is 0 Å². The Balaban J connectivity index is 1.84. The molecule has 6 nitrogen and oxygen atoms in total. The maximum atomic E-state index is 13.2. The van der Waals surface area contributed by atoms with Crippen LogP contribution in [0.25, 0.3) is 0 Å². The summed E-state index contributed by atoms with van der Waals surface area (Å²) in [4.78, 5) is 15.1. The molecule has 7 heteroatoms.